The Bertz CT molecular complexity index is 666. The number of carbonyl (C=O) groups is 1. The van der Waals surface area contributed by atoms with Gasteiger partial charge in [-0.25, -0.2) is 0 Å². The maximum absolute atomic E-state index is 10.5. The molecule has 0 atom stereocenters. The van der Waals surface area contributed by atoms with Gasteiger partial charge >= 0.3 is 5.97 Å². The fraction of sp³-hybridized carbons (Fsp3) is 0.333. The number of rotatable bonds is 6. The number of carboxylic acid groups (broad SMARTS) is 1. The summed E-state index contributed by atoms with van der Waals surface area (Å²) in [6.07, 6.45) is 4.50. The lowest BCUT2D eigenvalue weighted by Gasteiger charge is -2.02. The molecule has 6 heteroatoms. The molecule has 2 aromatic heterocycles. The van der Waals surface area contributed by atoms with Gasteiger partial charge in [-0.2, -0.15) is 0 Å². The summed E-state index contributed by atoms with van der Waals surface area (Å²) in [5.74, 6) is 0.0192. The van der Waals surface area contributed by atoms with Gasteiger partial charge in [0.2, 0.25) is 0 Å². The zero-order valence-electron chi connectivity index (χ0n) is 14.4. The minimum absolute atomic E-state index is 0.0695. The van der Waals surface area contributed by atoms with Crippen molar-refractivity contribution in [3.8, 4) is 11.3 Å². The molecule has 0 spiro atoms. The van der Waals surface area contributed by atoms with E-state index in [0.29, 0.717) is 6.54 Å². The molecule has 0 aromatic carbocycles. The first-order valence-electron chi connectivity index (χ1n) is 7.70. The summed E-state index contributed by atoms with van der Waals surface area (Å²) in [5.41, 5.74) is 2.66. The van der Waals surface area contributed by atoms with Crippen LogP contribution in [0.4, 0.5) is 0 Å². The van der Waals surface area contributed by atoms with Gasteiger partial charge in [-0.3, -0.25) is 9.78 Å². The minimum atomic E-state index is -0.823. The van der Waals surface area contributed by atoms with Crippen molar-refractivity contribution >= 4 is 5.97 Å². The summed E-state index contributed by atoms with van der Waals surface area (Å²) in [6, 6.07) is 7.62. The number of hydrogen-bond donors (Lipinski definition) is 1. The van der Waals surface area contributed by atoms with Gasteiger partial charge in [-0.1, -0.05) is 24.3 Å². The summed E-state index contributed by atoms with van der Waals surface area (Å²) < 4.78 is 6.34. The molecule has 0 fully saturated rings. The van der Waals surface area contributed by atoms with Gasteiger partial charge in [0.1, 0.15) is 12.1 Å². The highest BCUT2D eigenvalue weighted by Gasteiger charge is 2.11. The molecule has 6 nitrogen and oxygen atoms in total. The van der Waals surface area contributed by atoms with E-state index in [0.717, 1.165) is 29.1 Å². The van der Waals surface area contributed by atoms with Gasteiger partial charge in [0, 0.05) is 24.2 Å². The Balaban J connectivity index is 0.000000413. The molecule has 0 aliphatic heterocycles. The predicted molar refractivity (Wildman–Crippen MR) is 91.1 cm³/mol. The summed E-state index contributed by atoms with van der Waals surface area (Å²) in [5, 5.41) is 13.0. The Labute approximate surface area is 142 Å². The molecule has 0 radical (unpaired) electrons. The first-order chi connectivity index (χ1) is 11.5. The van der Waals surface area contributed by atoms with Crippen molar-refractivity contribution in [3.63, 3.8) is 0 Å². The van der Waals surface area contributed by atoms with Crippen molar-refractivity contribution < 1.29 is 19.3 Å². The van der Waals surface area contributed by atoms with Crippen LogP contribution in [-0.2, 0) is 16.1 Å². The van der Waals surface area contributed by atoms with Crippen LogP contribution in [0.25, 0.3) is 11.3 Å². The number of aryl methyl sites for hydroxylation is 2. The first-order valence-corrected chi connectivity index (χ1v) is 7.70. The van der Waals surface area contributed by atoms with E-state index in [-0.39, 0.29) is 6.42 Å². The number of pyridine rings is 1. The second kappa shape index (κ2) is 10.1. The van der Waals surface area contributed by atoms with Crippen molar-refractivity contribution in [2.45, 2.75) is 33.2 Å². The maximum Gasteiger partial charge on any atom is 0.309 e. The van der Waals surface area contributed by atoms with Crippen LogP contribution < -0.4 is 4.68 Å². The normalized spacial score (nSPS) is 9.62. The van der Waals surface area contributed by atoms with Crippen LogP contribution in [0.1, 0.15) is 25.5 Å². The second-order valence-electron chi connectivity index (χ2n) is 5.03. The number of ether oxygens (including phenoxy) is 1. The van der Waals surface area contributed by atoms with E-state index in [1.807, 2.05) is 38.1 Å². The van der Waals surface area contributed by atoms with E-state index in [1.165, 1.54) is 0 Å². The van der Waals surface area contributed by atoms with E-state index in [4.69, 9.17) is 9.84 Å². The molecule has 128 valence electrons. The number of aromatic nitrogens is 3. The lowest BCUT2D eigenvalue weighted by atomic mass is 10.1. The fourth-order valence-electron chi connectivity index (χ4n) is 1.83. The van der Waals surface area contributed by atoms with Crippen LogP contribution in [0.2, 0.25) is 0 Å². The van der Waals surface area contributed by atoms with E-state index in [1.54, 1.807) is 24.2 Å². The molecular weight excluding hydrogens is 306 g/mol. The Kier molecular flexibility index (Phi) is 8.11. The average molecular weight is 330 g/mol. The maximum atomic E-state index is 10.5. The molecule has 0 bridgehead atoms. The van der Waals surface area contributed by atoms with Gasteiger partial charge in [0.05, 0.1) is 18.6 Å². The van der Waals surface area contributed by atoms with Crippen molar-refractivity contribution in [1.82, 2.24) is 10.1 Å². The smallest absolute Gasteiger partial charge is 0.309 e. The molecular formula is C18H24N3O3+. The summed E-state index contributed by atoms with van der Waals surface area (Å²) in [4.78, 5) is 14.8. The van der Waals surface area contributed by atoms with Crippen LogP contribution in [0.3, 0.4) is 0 Å². The molecule has 1 N–H and O–H groups in total. The van der Waals surface area contributed by atoms with Crippen LogP contribution in [0, 0.1) is 6.92 Å². The first kappa shape index (κ1) is 19.3. The van der Waals surface area contributed by atoms with Crippen LogP contribution in [0.5, 0.6) is 0 Å². The standard InChI is InChI=1S/C13H13N3O2.C5H10O/c1-10-11(12-4-2-3-7-14-12)5-8-16(15-10)9-6-13(17)18;1-4-5(2)6-3/h2-5,7-8H,6,9H2,1H3;2,4H2,1,3H3/p+1. The van der Waals surface area contributed by atoms with Gasteiger partial charge in [0.25, 0.3) is 0 Å². The topological polar surface area (TPSA) is 76.2 Å². The molecule has 0 saturated heterocycles. The third-order valence-electron chi connectivity index (χ3n) is 3.26. The highest BCUT2D eigenvalue weighted by Crippen LogP contribution is 2.17. The average Bonchev–Trinajstić information content (AvgIpc) is 2.60. The van der Waals surface area contributed by atoms with E-state index < -0.39 is 5.97 Å². The second-order valence-corrected chi connectivity index (χ2v) is 5.03. The van der Waals surface area contributed by atoms with E-state index in [2.05, 4.69) is 16.7 Å². The number of carboxylic acids is 1. The van der Waals surface area contributed by atoms with Crippen molar-refractivity contribution in [3.05, 3.63) is 54.7 Å². The third kappa shape index (κ3) is 6.56. The van der Waals surface area contributed by atoms with Gasteiger partial charge in [-0.05, 0) is 24.2 Å². The highest BCUT2D eigenvalue weighted by atomic mass is 16.5. The Morgan fingerprint density at radius 1 is 1.38 bits per heavy atom. The number of hydrogen-bond acceptors (Lipinski definition) is 4. The highest BCUT2D eigenvalue weighted by molar-refractivity contribution is 5.66. The largest absolute Gasteiger partial charge is 0.502 e. The molecule has 0 aliphatic rings. The Hall–Kier alpha value is -2.76. The number of methoxy groups -OCH3 is 1. The van der Waals surface area contributed by atoms with Crippen LogP contribution in [0.15, 0.2) is 49.0 Å². The molecule has 0 saturated carbocycles. The monoisotopic (exact) mass is 330 g/mol. The summed E-state index contributed by atoms with van der Waals surface area (Å²) in [7, 11) is 1.63. The van der Waals surface area contributed by atoms with E-state index >= 15 is 0 Å². The lowest BCUT2D eigenvalue weighted by molar-refractivity contribution is -0.753. The zero-order valence-corrected chi connectivity index (χ0v) is 14.4. The molecule has 0 aliphatic carbocycles. The molecule has 2 aromatic rings. The summed E-state index contributed by atoms with van der Waals surface area (Å²) in [6.45, 7) is 7.84. The van der Waals surface area contributed by atoms with Gasteiger partial charge in [-0.15, -0.1) is 0 Å². The minimum Gasteiger partial charge on any atom is -0.502 e. The van der Waals surface area contributed by atoms with Crippen LogP contribution in [-0.4, -0.2) is 28.3 Å². The Morgan fingerprint density at radius 2 is 2.12 bits per heavy atom. The molecule has 0 amide bonds. The van der Waals surface area contributed by atoms with E-state index in [9.17, 15) is 4.79 Å². The molecule has 24 heavy (non-hydrogen) atoms. The number of nitrogens with zero attached hydrogens (tertiary/aromatic N) is 3. The summed E-state index contributed by atoms with van der Waals surface area (Å²) >= 11 is 0. The van der Waals surface area contributed by atoms with Crippen molar-refractivity contribution in [1.29, 1.82) is 0 Å². The van der Waals surface area contributed by atoms with Crippen molar-refractivity contribution in [2.24, 2.45) is 0 Å². The fourth-order valence-corrected chi connectivity index (χ4v) is 1.83. The molecule has 0 unspecified atom stereocenters. The van der Waals surface area contributed by atoms with Crippen LogP contribution >= 0.6 is 0 Å². The molecule has 2 heterocycles. The Morgan fingerprint density at radius 3 is 2.58 bits per heavy atom. The van der Waals surface area contributed by atoms with Crippen molar-refractivity contribution in [2.75, 3.05) is 7.11 Å². The zero-order chi connectivity index (χ0) is 17.9. The SMILES string of the molecule is C=C(CC)OC.Cc1n[n+](CCC(=O)O)ccc1-c1ccccn1. The lowest BCUT2D eigenvalue weighted by Crippen LogP contribution is -2.39. The van der Waals surface area contributed by atoms with Gasteiger partial charge in [0.15, 0.2) is 12.7 Å². The predicted octanol–water partition coefficient (Wildman–Crippen LogP) is 2.77. The third-order valence-corrected chi connectivity index (χ3v) is 3.26. The van der Waals surface area contributed by atoms with Gasteiger partial charge < -0.3 is 9.84 Å². The molecule has 2 rings (SSSR count). The number of allylic oxidation sites excluding steroid dienone is 1. The quantitative estimate of drug-likeness (QED) is 0.651. The number of aliphatic carboxylic acids is 1.